The van der Waals surface area contributed by atoms with E-state index in [0.717, 1.165) is 84.6 Å². The van der Waals surface area contributed by atoms with E-state index in [2.05, 4.69) is 54.8 Å². The molecule has 1 aliphatic heterocycles. The fraction of sp³-hybridized carbons (Fsp3) is 0.547. The quantitative estimate of drug-likeness (QED) is 0.0375. The van der Waals surface area contributed by atoms with Gasteiger partial charge in [0.25, 0.3) is 0 Å². The summed E-state index contributed by atoms with van der Waals surface area (Å²) in [6, 6.07) is 26.2. The summed E-state index contributed by atoms with van der Waals surface area (Å²) in [4.78, 5) is 24.4. The van der Waals surface area contributed by atoms with Crippen LogP contribution in [0, 0.1) is 23.7 Å². The summed E-state index contributed by atoms with van der Waals surface area (Å²) < 4.78 is 21.2. The highest BCUT2D eigenvalue weighted by Gasteiger charge is 2.65. The minimum atomic E-state index is -1.26. The van der Waals surface area contributed by atoms with Gasteiger partial charge in [-0.15, -0.1) is 18.3 Å². The molecule has 10 heteroatoms. The van der Waals surface area contributed by atoms with Crippen molar-refractivity contribution < 1.29 is 34.1 Å². The number of oxime groups is 1. The summed E-state index contributed by atoms with van der Waals surface area (Å²) in [5, 5.41) is 25.0. The Morgan fingerprint density at radius 1 is 0.968 bits per heavy atom. The molecule has 4 aliphatic rings. The van der Waals surface area contributed by atoms with Gasteiger partial charge in [-0.05, 0) is 97.7 Å². The van der Waals surface area contributed by atoms with Crippen molar-refractivity contribution in [3.8, 4) is 11.5 Å². The standard InChI is InChI=1S/C53H70N2O7S/c1-3-29-55(50(58)28-25-39-17-11-12-18-39)49-37-47(54-61-38-40-19-7-5-8-20-40)45-35-41(21-13-15-30-56)44(24-14-16-31-57)51-46-36-42(59-33-34-63-43-22-9-6-10-23-43)26-27-48(46)62-53(49,52(45)51)60-32-4-2/h4-10,19-20,22-23,26-27,35-36,39,41,44,49,51-52,56-57H,2-3,11-18,21,24-25,28-34,37-38H2,1H3. The van der Waals surface area contributed by atoms with E-state index in [1.165, 1.54) is 30.6 Å². The van der Waals surface area contributed by atoms with Crippen LogP contribution in [0.3, 0.4) is 0 Å². The van der Waals surface area contributed by atoms with Gasteiger partial charge < -0.3 is 34.2 Å². The molecule has 0 bridgehead atoms. The average Bonchev–Trinajstić information content (AvgIpc) is 3.84. The van der Waals surface area contributed by atoms with E-state index in [9.17, 15) is 15.0 Å². The smallest absolute Gasteiger partial charge is 0.239 e. The molecule has 1 heterocycles. The van der Waals surface area contributed by atoms with Gasteiger partial charge in [-0.3, -0.25) is 4.79 Å². The number of benzene rings is 3. The molecule has 6 unspecified atom stereocenters. The highest BCUT2D eigenvalue weighted by Crippen LogP contribution is 2.62. The van der Waals surface area contributed by atoms with E-state index in [1.54, 1.807) is 17.8 Å². The van der Waals surface area contributed by atoms with Crippen LogP contribution in [0.4, 0.5) is 0 Å². The van der Waals surface area contributed by atoms with Crippen molar-refractivity contribution >= 4 is 23.4 Å². The summed E-state index contributed by atoms with van der Waals surface area (Å²) in [7, 11) is 0. The van der Waals surface area contributed by atoms with Gasteiger partial charge in [0, 0.05) is 54.7 Å². The zero-order valence-corrected chi connectivity index (χ0v) is 38.2. The minimum Gasteiger partial charge on any atom is -0.493 e. The number of fused-ring (bicyclic) bond motifs is 2. The minimum absolute atomic E-state index is 0.0992. The van der Waals surface area contributed by atoms with Crippen molar-refractivity contribution in [2.45, 2.75) is 126 Å². The number of amides is 1. The molecule has 0 saturated heterocycles. The SMILES string of the molecule is C=CCOC12Oc3ccc(OCCSc4ccccc4)cc3C3C(CCCCO)C(CCCCO)C=C(C(=NOCc4ccccc4)CC1N(CCC)C(=O)CCC1CCCC1)C32. The molecule has 3 aromatic rings. The highest BCUT2D eigenvalue weighted by atomic mass is 32.2. The molecule has 2 N–H and O–H groups in total. The lowest BCUT2D eigenvalue weighted by atomic mass is 9.55. The van der Waals surface area contributed by atoms with Crippen LogP contribution in [-0.4, -0.2) is 77.3 Å². The van der Waals surface area contributed by atoms with E-state index in [0.29, 0.717) is 44.9 Å². The van der Waals surface area contributed by atoms with Gasteiger partial charge in [0.15, 0.2) is 0 Å². The van der Waals surface area contributed by atoms with Crippen molar-refractivity contribution in [1.29, 1.82) is 0 Å². The molecule has 1 amide bonds. The zero-order chi connectivity index (χ0) is 43.9. The summed E-state index contributed by atoms with van der Waals surface area (Å²) in [6.07, 6.45) is 16.6. The van der Waals surface area contributed by atoms with Crippen LogP contribution in [0.5, 0.6) is 11.5 Å². The van der Waals surface area contributed by atoms with Gasteiger partial charge in [0.2, 0.25) is 11.7 Å². The number of aliphatic hydroxyl groups is 2. The Balaban J connectivity index is 1.35. The maximum atomic E-state index is 14.8. The van der Waals surface area contributed by atoms with E-state index < -0.39 is 11.8 Å². The first-order chi connectivity index (χ1) is 31.0. The number of thioether (sulfide) groups is 1. The Bertz CT molecular complexity index is 1950. The molecular weight excluding hydrogens is 809 g/mol. The zero-order valence-electron chi connectivity index (χ0n) is 37.4. The van der Waals surface area contributed by atoms with Crippen molar-refractivity contribution in [3.05, 3.63) is 114 Å². The lowest BCUT2D eigenvalue weighted by Gasteiger charge is -2.60. The molecule has 6 atom stereocenters. The maximum Gasteiger partial charge on any atom is 0.239 e. The summed E-state index contributed by atoms with van der Waals surface area (Å²) in [6.45, 7) is 8.18. The Hall–Kier alpha value is -4.09. The Kier molecular flexibility index (Phi) is 17.7. The number of carbonyl (C=O) groups is 1. The molecule has 2 fully saturated rings. The topological polar surface area (TPSA) is 110 Å². The molecular formula is C53H70N2O7S. The van der Waals surface area contributed by atoms with E-state index >= 15 is 0 Å². The number of hydrogen-bond donors (Lipinski definition) is 2. The number of aliphatic hydroxyl groups excluding tert-OH is 2. The molecule has 9 nitrogen and oxygen atoms in total. The number of carbonyl (C=O) groups excluding carboxylic acids is 1. The second kappa shape index (κ2) is 23.7. The van der Waals surface area contributed by atoms with Crippen LogP contribution >= 0.6 is 11.8 Å². The molecule has 340 valence electrons. The number of unbranched alkanes of at least 4 members (excludes halogenated alkanes) is 2. The van der Waals surface area contributed by atoms with Crippen LogP contribution < -0.4 is 9.47 Å². The predicted octanol–water partition coefficient (Wildman–Crippen LogP) is 10.9. The second-order valence-electron chi connectivity index (χ2n) is 17.8. The van der Waals surface area contributed by atoms with Gasteiger partial charge in [-0.2, -0.15) is 0 Å². The predicted molar refractivity (Wildman–Crippen MR) is 252 cm³/mol. The van der Waals surface area contributed by atoms with Crippen molar-refractivity contribution in [2.75, 3.05) is 38.7 Å². The number of rotatable bonds is 25. The maximum absolute atomic E-state index is 14.8. The van der Waals surface area contributed by atoms with E-state index in [-0.39, 0.29) is 49.4 Å². The average molecular weight is 879 g/mol. The lowest BCUT2D eigenvalue weighted by molar-refractivity contribution is -0.257. The summed E-state index contributed by atoms with van der Waals surface area (Å²) in [5.74, 6) is 1.65. The molecule has 3 aliphatic carbocycles. The number of hydrogen-bond acceptors (Lipinski definition) is 9. The number of ether oxygens (including phenoxy) is 3. The molecule has 0 radical (unpaired) electrons. The van der Waals surface area contributed by atoms with Gasteiger partial charge >= 0.3 is 0 Å². The third-order valence-corrected chi connectivity index (χ3v) is 14.6. The lowest BCUT2D eigenvalue weighted by Crippen LogP contribution is -2.70. The Labute approximate surface area is 380 Å². The summed E-state index contributed by atoms with van der Waals surface area (Å²) in [5.41, 5.74) is 3.97. The van der Waals surface area contributed by atoms with Crippen LogP contribution in [0.2, 0.25) is 0 Å². The fourth-order valence-corrected chi connectivity index (χ4v) is 11.6. The van der Waals surface area contributed by atoms with Gasteiger partial charge in [-0.1, -0.05) is 111 Å². The highest BCUT2D eigenvalue weighted by molar-refractivity contribution is 7.99. The van der Waals surface area contributed by atoms with Crippen LogP contribution in [-0.2, 0) is 21.0 Å². The van der Waals surface area contributed by atoms with Crippen LogP contribution in [0.1, 0.15) is 114 Å². The largest absolute Gasteiger partial charge is 0.493 e. The monoisotopic (exact) mass is 878 g/mol. The molecule has 7 rings (SSSR count). The van der Waals surface area contributed by atoms with E-state index in [1.807, 2.05) is 48.5 Å². The third-order valence-electron chi connectivity index (χ3n) is 13.7. The van der Waals surface area contributed by atoms with Crippen LogP contribution in [0.15, 0.2) is 113 Å². The second-order valence-corrected chi connectivity index (χ2v) is 19.0. The van der Waals surface area contributed by atoms with Gasteiger partial charge in [-0.25, -0.2) is 0 Å². The normalized spacial score (nSPS) is 24.5. The molecule has 0 aromatic heterocycles. The first kappa shape index (κ1) is 46.9. The third kappa shape index (κ3) is 11.6. The first-order valence-electron chi connectivity index (χ1n) is 23.8. The Morgan fingerprint density at radius 2 is 1.71 bits per heavy atom. The van der Waals surface area contributed by atoms with Crippen molar-refractivity contribution in [2.24, 2.45) is 28.8 Å². The van der Waals surface area contributed by atoms with Gasteiger partial charge in [0.05, 0.1) is 24.8 Å². The first-order valence-corrected chi connectivity index (χ1v) is 24.8. The fourth-order valence-electron chi connectivity index (χ4n) is 10.8. The Morgan fingerprint density at radius 3 is 2.44 bits per heavy atom. The molecule has 3 aromatic carbocycles. The summed E-state index contributed by atoms with van der Waals surface area (Å²) >= 11 is 1.77. The van der Waals surface area contributed by atoms with E-state index in [4.69, 9.17) is 24.2 Å². The number of allylic oxidation sites excluding steroid dienone is 1. The van der Waals surface area contributed by atoms with Gasteiger partial charge in [0.1, 0.15) is 24.1 Å². The number of nitrogens with zero attached hydrogens (tertiary/aromatic N) is 2. The van der Waals surface area contributed by atoms with Crippen molar-refractivity contribution in [1.82, 2.24) is 4.90 Å². The van der Waals surface area contributed by atoms with Crippen molar-refractivity contribution in [3.63, 3.8) is 0 Å². The molecule has 2 saturated carbocycles. The molecule has 0 spiro atoms. The van der Waals surface area contributed by atoms with Crippen LogP contribution in [0.25, 0.3) is 0 Å². The molecule has 63 heavy (non-hydrogen) atoms.